The third kappa shape index (κ3) is 5.01. The third-order valence-corrected chi connectivity index (χ3v) is 6.51. The van der Waals surface area contributed by atoms with Crippen LogP contribution in [0.15, 0.2) is 90.4 Å². The number of ether oxygens (including phenoxy) is 1. The fourth-order valence-electron chi connectivity index (χ4n) is 3.77. The maximum atomic E-state index is 12.5. The first-order valence-electron chi connectivity index (χ1n) is 11.6. The summed E-state index contributed by atoms with van der Waals surface area (Å²) in [6.07, 6.45) is 1.51. The largest absolute Gasteiger partial charge is 0.462 e. The number of hydrogen-bond donors (Lipinski definition) is 1. The topological polar surface area (TPSA) is 77.0 Å². The number of esters is 1. The molecule has 178 valence electrons. The van der Waals surface area contributed by atoms with Crippen molar-refractivity contribution in [2.45, 2.75) is 13.8 Å². The van der Waals surface area contributed by atoms with E-state index >= 15 is 0 Å². The van der Waals surface area contributed by atoms with Crippen molar-refractivity contribution in [3.8, 4) is 33.2 Å². The molecule has 0 saturated heterocycles. The molecule has 1 N–H and O–H groups in total. The summed E-state index contributed by atoms with van der Waals surface area (Å²) in [5.74, 6) is 0.446. The number of hydrogen-bond acceptors (Lipinski definition) is 7. The minimum absolute atomic E-state index is 0.269. The molecule has 3 aromatic carbocycles. The van der Waals surface area contributed by atoms with Crippen LogP contribution in [0.25, 0.3) is 33.2 Å². The van der Waals surface area contributed by atoms with Crippen LogP contribution in [0.3, 0.4) is 0 Å². The molecule has 0 amide bonds. The summed E-state index contributed by atoms with van der Waals surface area (Å²) in [6.45, 7) is 4.13. The molecule has 0 aliphatic carbocycles. The average molecular weight is 493 g/mol. The Morgan fingerprint density at radius 2 is 1.67 bits per heavy atom. The average Bonchev–Trinajstić information content (AvgIpc) is 3.40. The highest BCUT2D eigenvalue weighted by atomic mass is 32.1. The van der Waals surface area contributed by atoms with Crippen LogP contribution in [0.2, 0.25) is 0 Å². The Bertz CT molecular complexity index is 1500. The number of nitrogens with one attached hydrogen (secondary N) is 1. The molecule has 5 aromatic rings. The Balaban J connectivity index is 1.42. The first-order chi connectivity index (χ1) is 17.6. The summed E-state index contributed by atoms with van der Waals surface area (Å²) >= 11 is 1.63. The molecule has 6 nitrogen and oxygen atoms in total. The zero-order chi connectivity index (χ0) is 24.9. The highest BCUT2D eigenvalue weighted by molar-refractivity contribution is 7.13. The molecule has 0 radical (unpaired) electrons. The molecule has 2 aromatic heterocycles. The normalized spacial score (nSPS) is 10.7. The van der Waals surface area contributed by atoms with Crippen LogP contribution in [0.1, 0.15) is 22.8 Å². The molecule has 0 saturated carbocycles. The van der Waals surface area contributed by atoms with Gasteiger partial charge in [0.25, 0.3) is 0 Å². The van der Waals surface area contributed by atoms with Crippen molar-refractivity contribution in [1.82, 2.24) is 15.0 Å². The van der Waals surface area contributed by atoms with Gasteiger partial charge in [-0.1, -0.05) is 66.7 Å². The first kappa shape index (κ1) is 23.4. The Morgan fingerprint density at radius 3 is 2.42 bits per heavy atom. The predicted octanol–water partition coefficient (Wildman–Crippen LogP) is 7.16. The SMILES string of the molecule is CCOC(=O)c1cnc(-c2ccccc2)nc1Nc1ccc(-c2csc(-c3ccccc3C)n2)cc1. The molecule has 0 aliphatic rings. The molecule has 0 bridgehead atoms. The lowest BCUT2D eigenvalue weighted by atomic mass is 10.1. The summed E-state index contributed by atoms with van der Waals surface area (Å²) < 4.78 is 5.21. The fourth-order valence-corrected chi connectivity index (χ4v) is 4.68. The molecule has 0 unspecified atom stereocenters. The summed E-state index contributed by atoms with van der Waals surface area (Å²) in [5, 5.41) is 6.34. The number of benzene rings is 3. The summed E-state index contributed by atoms with van der Waals surface area (Å²) in [6, 6.07) is 25.8. The van der Waals surface area contributed by atoms with E-state index in [1.165, 1.54) is 11.8 Å². The van der Waals surface area contributed by atoms with Gasteiger partial charge in [-0.2, -0.15) is 0 Å². The highest BCUT2D eigenvalue weighted by Gasteiger charge is 2.17. The number of anilines is 2. The van der Waals surface area contributed by atoms with Crippen molar-refractivity contribution in [1.29, 1.82) is 0 Å². The third-order valence-electron chi connectivity index (χ3n) is 5.64. The molecule has 2 heterocycles. The zero-order valence-corrected chi connectivity index (χ0v) is 20.8. The Hall–Kier alpha value is -4.36. The van der Waals surface area contributed by atoms with Gasteiger partial charge in [-0.05, 0) is 31.5 Å². The smallest absolute Gasteiger partial charge is 0.343 e. The van der Waals surface area contributed by atoms with Gasteiger partial charge in [-0.3, -0.25) is 0 Å². The van der Waals surface area contributed by atoms with Gasteiger partial charge in [0.05, 0.1) is 12.3 Å². The molecule has 0 aliphatic heterocycles. The van der Waals surface area contributed by atoms with E-state index < -0.39 is 5.97 Å². The van der Waals surface area contributed by atoms with Gasteiger partial charge >= 0.3 is 5.97 Å². The first-order valence-corrected chi connectivity index (χ1v) is 12.5. The van der Waals surface area contributed by atoms with Gasteiger partial charge in [0.2, 0.25) is 0 Å². The minimum Gasteiger partial charge on any atom is -0.462 e. The van der Waals surface area contributed by atoms with E-state index in [1.54, 1.807) is 18.3 Å². The van der Waals surface area contributed by atoms with Crippen LogP contribution in [0.4, 0.5) is 11.5 Å². The van der Waals surface area contributed by atoms with Crippen molar-refractivity contribution in [2.24, 2.45) is 0 Å². The number of carbonyl (C=O) groups excluding carboxylic acids is 1. The number of nitrogens with zero attached hydrogens (tertiary/aromatic N) is 3. The number of carbonyl (C=O) groups is 1. The highest BCUT2D eigenvalue weighted by Crippen LogP contribution is 2.31. The summed E-state index contributed by atoms with van der Waals surface area (Å²) in [7, 11) is 0. The van der Waals surface area contributed by atoms with E-state index in [0.717, 1.165) is 33.1 Å². The van der Waals surface area contributed by atoms with E-state index in [4.69, 9.17) is 9.72 Å². The van der Waals surface area contributed by atoms with E-state index in [9.17, 15) is 4.79 Å². The number of aryl methyl sites for hydroxylation is 1. The van der Waals surface area contributed by atoms with Gasteiger partial charge in [-0.25, -0.2) is 19.7 Å². The van der Waals surface area contributed by atoms with Gasteiger partial charge < -0.3 is 10.1 Å². The molecule has 5 rings (SSSR count). The molecule has 0 spiro atoms. The zero-order valence-electron chi connectivity index (χ0n) is 19.9. The van der Waals surface area contributed by atoms with E-state index in [-0.39, 0.29) is 12.2 Å². The van der Waals surface area contributed by atoms with Crippen molar-refractivity contribution < 1.29 is 9.53 Å². The van der Waals surface area contributed by atoms with Crippen LogP contribution in [0, 0.1) is 6.92 Å². The maximum absolute atomic E-state index is 12.5. The lowest BCUT2D eigenvalue weighted by Crippen LogP contribution is -2.11. The van der Waals surface area contributed by atoms with Gasteiger partial charge in [0.15, 0.2) is 5.82 Å². The van der Waals surface area contributed by atoms with Gasteiger partial charge in [0.1, 0.15) is 16.4 Å². The second-order valence-corrected chi connectivity index (χ2v) is 8.96. The van der Waals surface area contributed by atoms with Gasteiger partial charge in [0, 0.05) is 34.0 Å². The number of thiazole rings is 1. The van der Waals surface area contributed by atoms with Crippen LogP contribution < -0.4 is 5.32 Å². The Morgan fingerprint density at radius 1 is 0.917 bits per heavy atom. The predicted molar refractivity (Wildman–Crippen MR) is 144 cm³/mol. The van der Waals surface area contributed by atoms with E-state index in [2.05, 4.69) is 39.7 Å². The van der Waals surface area contributed by atoms with Crippen molar-refractivity contribution in [3.63, 3.8) is 0 Å². The number of aromatic nitrogens is 3. The van der Waals surface area contributed by atoms with Crippen LogP contribution in [-0.4, -0.2) is 27.5 Å². The Labute approximate surface area is 213 Å². The van der Waals surface area contributed by atoms with Crippen LogP contribution in [0.5, 0.6) is 0 Å². The quantitative estimate of drug-likeness (QED) is 0.243. The lowest BCUT2D eigenvalue weighted by molar-refractivity contribution is 0.0526. The molecule has 36 heavy (non-hydrogen) atoms. The van der Waals surface area contributed by atoms with Crippen LogP contribution >= 0.6 is 11.3 Å². The van der Waals surface area contributed by atoms with Crippen LogP contribution in [-0.2, 0) is 4.74 Å². The second kappa shape index (κ2) is 10.5. The van der Waals surface area contributed by atoms with E-state index in [1.807, 2.05) is 66.7 Å². The summed E-state index contributed by atoms with van der Waals surface area (Å²) in [5.41, 5.74) is 6.21. The van der Waals surface area contributed by atoms with Crippen molar-refractivity contribution in [2.75, 3.05) is 11.9 Å². The molecular weight excluding hydrogens is 468 g/mol. The molecular formula is C29H24N4O2S. The standard InChI is InChI=1S/C29H24N4O2S/c1-3-35-29(34)24-17-30-26(21-10-5-4-6-11-21)33-27(24)31-22-15-13-20(14-16-22)25-18-36-28(32-25)23-12-8-7-9-19(23)2/h4-18H,3H2,1-2H3,(H,30,31,33). The monoisotopic (exact) mass is 492 g/mol. The second-order valence-electron chi connectivity index (χ2n) is 8.10. The molecule has 0 atom stereocenters. The summed E-state index contributed by atoms with van der Waals surface area (Å²) in [4.78, 5) is 26.4. The molecule has 0 fully saturated rings. The maximum Gasteiger partial charge on any atom is 0.343 e. The molecule has 7 heteroatoms. The lowest BCUT2D eigenvalue weighted by Gasteiger charge is -2.12. The number of rotatable bonds is 7. The minimum atomic E-state index is -0.470. The van der Waals surface area contributed by atoms with Crippen molar-refractivity contribution in [3.05, 3.63) is 102 Å². The fraction of sp³-hybridized carbons (Fsp3) is 0.103. The van der Waals surface area contributed by atoms with Gasteiger partial charge in [-0.15, -0.1) is 11.3 Å². The Kier molecular flexibility index (Phi) is 6.82. The van der Waals surface area contributed by atoms with Crippen molar-refractivity contribution >= 4 is 28.8 Å². The van der Waals surface area contributed by atoms with E-state index in [0.29, 0.717) is 11.6 Å².